The zero-order valence-corrected chi connectivity index (χ0v) is 10.7. The summed E-state index contributed by atoms with van der Waals surface area (Å²) in [4.78, 5) is 13.3. The van der Waals surface area contributed by atoms with Crippen LogP contribution in [0.2, 0.25) is 0 Å². The Morgan fingerprint density at radius 2 is 2.15 bits per heavy atom. The molecular formula is C11H14F3N5O. The van der Waals surface area contributed by atoms with E-state index >= 15 is 0 Å². The maximum absolute atomic E-state index is 12.6. The van der Waals surface area contributed by atoms with Crippen molar-refractivity contribution >= 4 is 5.91 Å². The lowest BCUT2D eigenvalue weighted by atomic mass is 10.3. The average molecular weight is 289 g/mol. The van der Waals surface area contributed by atoms with Crippen LogP contribution in [0.5, 0.6) is 0 Å². The van der Waals surface area contributed by atoms with E-state index in [4.69, 9.17) is 0 Å². The van der Waals surface area contributed by atoms with Gasteiger partial charge in [-0.2, -0.15) is 13.2 Å². The Labute approximate surface area is 113 Å². The number of nitrogens with one attached hydrogen (secondary N) is 1. The minimum atomic E-state index is -4.52. The molecule has 6 nitrogen and oxygen atoms in total. The fourth-order valence-corrected chi connectivity index (χ4v) is 1.97. The third-order valence-electron chi connectivity index (χ3n) is 2.92. The van der Waals surface area contributed by atoms with E-state index in [0.717, 1.165) is 4.57 Å². The molecule has 1 aliphatic heterocycles. The van der Waals surface area contributed by atoms with Gasteiger partial charge < -0.3 is 14.8 Å². The van der Waals surface area contributed by atoms with Crippen LogP contribution in [0.15, 0.2) is 12.7 Å². The van der Waals surface area contributed by atoms with Gasteiger partial charge in [0.1, 0.15) is 0 Å². The zero-order chi connectivity index (χ0) is 14.8. The summed E-state index contributed by atoms with van der Waals surface area (Å²) in [5.74, 6) is -1.04. The smallest absolute Gasteiger partial charge is 0.332 e. The molecule has 2 rings (SSSR count). The van der Waals surface area contributed by atoms with Gasteiger partial charge >= 0.3 is 6.18 Å². The third kappa shape index (κ3) is 2.98. The largest absolute Gasteiger partial charge is 0.451 e. The summed E-state index contributed by atoms with van der Waals surface area (Å²) in [7, 11) is 0. The number of hydrogen-bond acceptors (Lipinski definition) is 4. The first-order valence-electron chi connectivity index (χ1n) is 6.02. The van der Waals surface area contributed by atoms with Crippen molar-refractivity contribution in [3.8, 4) is 0 Å². The van der Waals surface area contributed by atoms with Crippen molar-refractivity contribution in [1.82, 2.24) is 25.0 Å². The van der Waals surface area contributed by atoms with Crippen LogP contribution >= 0.6 is 0 Å². The molecule has 110 valence electrons. The summed E-state index contributed by atoms with van der Waals surface area (Å²) in [6, 6.07) is 0. The number of aromatic nitrogens is 3. The first-order valence-corrected chi connectivity index (χ1v) is 6.02. The van der Waals surface area contributed by atoms with Crippen LogP contribution < -0.4 is 5.32 Å². The molecule has 9 heteroatoms. The molecular weight excluding hydrogens is 275 g/mol. The number of halogens is 3. The molecule has 0 spiro atoms. The second-order valence-electron chi connectivity index (χ2n) is 4.32. The first-order chi connectivity index (χ1) is 9.43. The van der Waals surface area contributed by atoms with Gasteiger partial charge in [-0.05, 0) is 0 Å². The lowest BCUT2D eigenvalue weighted by molar-refractivity contribution is -0.148. The molecule has 0 atom stereocenters. The molecule has 2 heterocycles. The van der Waals surface area contributed by atoms with Crippen LogP contribution in [0.25, 0.3) is 0 Å². The van der Waals surface area contributed by atoms with Crippen molar-refractivity contribution in [2.45, 2.75) is 19.3 Å². The highest BCUT2D eigenvalue weighted by Gasteiger charge is 2.39. The summed E-state index contributed by atoms with van der Waals surface area (Å²) < 4.78 is 39.0. The van der Waals surface area contributed by atoms with Crippen LogP contribution in [-0.4, -0.2) is 45.2 Å². The van der Waals surface area contributed by atoms with Crippen molar-refractivity contribution in [1.29, 1.82) is 0 Å². The summed E-state index contributed by atoms with van der Waals surface area (Å²) >= 11 is 0. The van der Waals surface area contributed by atoms with Crippen LogP contribution in [0.3, 0.4) is 0 Å². The van der Waals surface area contributed by atoms with Crippen LogP contribution in [0, 0.1) is 0 Å². The van der Waals surface area contributed by atoms with Gasteiger partial charge in [-0.1, -0.05) is 6.08 Å². The van der Waals surface area contributed by atoms with Gasteiger partial charge in [0.25, 0.3) is 0 Å². The molecule has 0 radical (unpaired) electrons. The maximum atomic E-state index is 12.6. The Morgan fingerprint density at radius 3 is 2.80 bits per heavy atom. The molecule has 0 saturated heterocycles. The Balaban J connectivity index is 2.03. The monoisotopic (exact) mass is 289 g/mol. The highest BCUT2D eigenvalue weighted by molar-refractivity contribution is 5.78. The number of fused-ring (bicyclic) bond motifs is 1. The molecule has 1 N–H and O–H groups in total. The molecule has 1 aromatic heterocycles. The van der Waals surface area contributed by atoms with Crippen molar-refractivity contribution in [2.75, 3.05) is 19.6 Å². The van der Waals surface area contributed by atoms with E-state index in [2.05, 4.69) is 22.1 Å². The number of carbonyl (C=O) groups is 1. The predicted octanol–water partition coefficient (Wildman–Crippen LogP) is 0.415. The van der Waals surface area contributed by atoms with Gasteiger partial charge in [-0.25, -0.2) is 0 Å². The lowest BCUT2D eigenvalue weighted by Gasteiger charge is -2.28. The SMILES string of the molecule is C=CCNCC(=O)N1CCn2c(nnc2C(F)(F)F)C1. The molecule has 1 amide bonds. The molecule has 0 saturated carbocycles. The fraction of sp³-hybridized carbons (Fsp3) is 0.545. The zero-order valence-electron chi connectivity index (χ0n) is 10.7. The van der Waals surface area contributed by atoms with Gasteiger partial charge in [0.15, 0.2) is 5.82 Å². The first kappa shape index (κ1) is 14.5. The number of hydrogen-bond donors (Lipinski definition) is 1. The van der Waals surface area contributed by atoms with Gasteiger partial charge in [-0.15, -0.1) is 16.8 Å². The topological polar surface area (TPSA) is 63.1 Å². The van der Waals surface area contributed by atoms with Gasteiger partial charge in [0.05, 0.1) is 13.1 Å². The van der Waals surface area contributed by atoms with E-state index < -0.39 is 12.0 Å². The minimum Gasteiger partial charge on any atom is -0.332 e. The molecule has 20 heavy (non-hydrogen) atoms. The van der Waals surface area contributed by atoms with Gasteiger partial charge in [0.2, 0.25) is 11.7 Å². The third-order valence-corrected chi connectivity index (χ3v) is 2.92. The minimum absolute atomic E-state index is 0.0394. The fourth-order valence-electron chi connectivity index (χ4n) is 1.97. The van der Waals surface area contributed by atoms with Crippen LogP contribution in [0.1, 0.15) is 11.6 Å². The predicted molar refractivity (Wildman–Crippen MR) is 63.5 cm³/mol. The van der Waals surface area contributed by atoms with Crippen LogP contribution in [0.4, 0.5) is 13.2 Å². The number of carbonyl (C=O) groups excluding carboxylic acids is 1. The van der Waals surface area contributed by atoms with Crippen molar-refractivity contribution in [2.24, 2.45) is 0 Å². The van der Waals surface area contributed by atoms with E-state index in [1.165, 1.54) is 4.90 Å². The van der Waals surface area contributed by atoms with E-state index in [1.807, 2.05) is 0 Å². The second-order valence-corrected chi connectivity index (χ2v) is 4.32. The Bertz CT molecular complexity index is 511. The summed E-state index contributed by atoms with van der Waals surface area (Å²) in [6.45, 7) is 4.42. The summed E-state index contributed by atoms with van der Waals surface area (Å²) in [6.07, 6.45) is -2.90. The molecule has 0 aromatic carbocycles. The van der Waals surface area contributed by atoms with E-state index in [-0.39, 0.29) is 37.9 Å². The molecule has 1 aliphatic rings. The van der Waals surface area contributed by atoms with E-state index in [9.17, 15) is 18.0 Å². The molecule has 0 aliphatic carbocycles. The average Bonchev–Trinajstić information content (AvgIpc) is 2.81. The second kappa shape index (κ2) is 5.61. The summed E-state index contributed by atoms with van der Waals surface area (Å²) in [5.41, 5.74) is 0. The lowest BCUT2D eigenvalue weighted by Crippen LogP contribution is -2.43. The van der Waals surface area contributed by atoms with Crippen molar-refractivity contribution in [3.63, 3.8) is 0 Å². The standard InChI is InChI=1S/C11H14F3N5O/c1-2-3-15-6-9(20)18-4-5-19-8(7-18)16-17-10(19)11(12,13)14/h2,15H,1,3-7H2. The van der Waals surface area contributed by atoms with Crippen molar-refractivity contribution < 1.29 is 18.0 Å². The Morgan fingerprint density at radius 1 is 1.40 bits per heavy atom. The number of rotatable bonds is 4. The Kier molecular flexibility index (Phi) is 4.07. The normalized spacial score (nSPS) is 15.1. The highest BCUT2D eigenvalue weighted by Crippen LogP contribution is 2.29. The number of alkyl halides is 3. The maximum Gasteiger partial charge on any atom is 0.451 e. The highest BCUT2D eigenvalue weighted by atomic mass is 19.4. The molecule has 0 fully saturated rings. The Hall–Kier alpha value is -1.90. The van der Waals surface area contributed by atoms with Gasteiger partial charge in [0, 0.05) is 19.6 Å². The quantitative estimate of drug-likeness (QED) is 0.644. The molecule has 0 unspecified atom stereocenters. The molecule has 0 bridgehead atoms. The molecule has 1 aromatic rings. The summed E-state index contributed by atoms with van der Waals surface area (Å²) in [5, 5.41) is 9.53. The van der Waals surface area contributed by atoms with Crippen LogP contribution in [-0.2, 0) is 24.1 Å². The van der Waals surface area contributed by atoms with E-state index in [0.29, 0.717) is 6.54 Å². The van der Waals surface area contributed by atoms with Gasteiger partial charge in [-0.3, -0.25) is 4.79 Å². The number of amides is 1. The van der Waals surface area contributed by atoms with Crippen molar-refractivity contribution in [3.05, 3.63) is 24.3 Å². The number of nitrogens with zero attached hydrogens (tertiary/aromatic N) is 4. The van der Waals surface area contributed by atoms with E-state index in [1.54, 1.807) is 6.08 Å².